The van der Waals surface area contributed by atoms with Crippen LogP contribution in [0.3, 0.4) is 0 Å². The molecule has 0 aliphatic carbocycles. The van der Waals surface area contributed by atoms with Crippen LogP contribution < -0.4 is 0 Å². The monoisotopic (exact) mass is 244 g/mol. The summed E-state index contributed by atoms with van der Waals surface area (Å²) in [6.45, 7) is 13.4. The fraction of sp³-hybridized carbons (Fsp3) is 1.00. The Morgan fingerprint density at radius 2 is 1.76 bits per heavy atom. The number of aliphatic hydroxyl groups excluding tert-OH is 1. The minimum atomic E-state index is -0.150. The van der Waals surface area contributed by atoms with Crippen molar-refractivity contribution in [3.63, 3.8) is 0 Å². The van der Waals surface area contributed by atoms with Crippen LogP contribution in [-0.2, 0) is 9.47 Å². The molecule has 0 radical (unpaired) electrons. The van der Waals surface area contributed by atoms with Gasteiger partial charge in [0, 0.05) is 12.5 Å². The van der Waals surface area contributed by atoms with E-state index in [1.165, 1.54) is 0 Å². The molecule has 1 saturated heterocycles. The van der Waals surface area contributed by atoms with E-state index in [4.69, 9.17) is 9.47 Å². The van der Waals surface area contributed by atoms with Crippen LogP contribution in [0.5, 0.6) is 0 Å². The molecular weight excluding hydrogens is 216 g/mol. The Morgan fingerprint density at radius 3 is 2.18 bits per heavy atom. The molecule has 102 valence electrons. The van der Waals surface area contributed by atoms with Crippen LogP contribution in [0.1, 0.15) is 48.0 Å². The third-order valence-electron chi connectivity index (χ3n) is 3.26. The molecule has 1 aliphatic heterocycles. The van der Waals surface area contributed by atoms with E-state index in [1.54, 1.807) is 0 Å². The van der Waals surface area contributed by atoms with Crippen LogP contribution in [0, 0.1) is 11.3 Å². The first-order chi connectivity index (χ1) is 7.63. The van der Waals surface area contributed by atoms with Gasteiger partial charge in [-0.15, -0.1) is 0 Å². The lowest BCUT2D eigenvalue weighted by atomic mass is 9.85. The van der Waals surface area contributed by atoms with Crippen molar-refractivity contribution in [1.82, 2.24) is 0 Å². The van der Waals surface area contributed by atoms with Gasteiger partial charge in [-0.3, -0.25) is 0 Å². The van der Waals surface area contributed by atoms with Crippen molar-refractivity contribution in [3.8, 4) is 0 Å². The minimum Gasteiger partial charge on any atom is -0.396 e. The second-order valence-corrected chi connectivity index (χ2v) is 7.13. The Hall–Kier alpha value is -0.120. The Bertz CT molecular complexity index is 237. The first kappa shape index (κ1) is 14.9. The van der Waals surface area contributed by atoms with E-state index in [0.29, 0.717) is 6.61 Å². The molecule has 1 heterocycles. The van der Waals surface area contributed by atoms with Gasteiger partial charge >= 0.3 is 0 Å². The molecule has 0 aromatic heterocycles. The molecule has 1 N–H and O–H groups in total. The SMILES string of the molecule is CC(C)(C)OC[C@@H]1O[C@@H](C(C)(C)C)C[C@H]1CO. The van der Waals surface area contributed by atoms with Crippen LogP contribution in [0.2, 0.25) is 0 Å². The number of rotatable bonds is 3. The summed E-state index contributed by atoms with van der Waals surface area (Å²) in [5, 5.41) is 9.41. The number of hydrogen-bond acceptors (Lipinski definition) is 3. The largest absolute Gasteiger partial charge is 0.396 e. The van der Waals surface area contributed by atoms with Crippen LogP contribution >= 0.6 is 0 Å². The van der Waals surface area contributed by atoms with Crippen molar-refractivity contribution < 1.29 is 14.6 Å². The van der Waals surface area contributed by atoms with Crippen molar-refractivity contribution >= 4 is 0 Å². The normalized spacial score (nSPS) is 30.9. The van der Waals surface area contributed by atoms with Gasteiger partial charge in [0.2, 0.25) is 0 Å². The molecule has 0 bridgehead atoms. The lowest BCUT2D eigenvalue weighted by molar-refractivity contribution is -0.0956. The van der Waals surface area contributed by atoms with Gasteiger partial charge in [0.25, 0.3) is 0 Å². The van der Waals surface area contributed by atoms with Gasteiger partial charge in [0.05, 0.1) is 24.4 Å². The number of aliphatic hydroxyl groups is 1. The average Bonchev–Trinajstić information content (AvgIpc) is 2.55. The van der Waals surface area contributed by atoms with Crippen LogP contribution in [0.4, 0.5) is 0 Å². The van der Waals surface area contributed by atoms with E-state index in [9.17, 15) is 5.11 Å². The highest BCUT2D eigenvalue weighted by Crippen LogP contribution is 2.37. The van der Waals surface area contributed by atoms with Gasteiger partial charge in [-0.1, -0.05) is 20.8 Å². The Balaban J connectivity index is 2.54. The van der Waals surface area contributed by atoms with Crippen LogP contribution in [-0.4, -0.2) is 36.1 Å². The van der Waals surface area contributed by atoms with Gasteiger partial charge in [-0.2, -0.15) is 0 Å². The number of hydrogen-bond donors (Lipinski definition) is 1. The first-order valence-electron chi connectivity index (χ1n) is 6.54. The minimum absolute atomic E-state index is 0.0310. The molecule has 0 spiro atoms. The lowest BCUT2D eigenvalue weighted by Gasteiger charge is -2.28. The predicted molar refractivity (Wildman–Crippen MR) is 69.0 cm³/mol. The summed E-state index contributed by atoms with van der Waals surface area (Å²) < 4.78 is 11.8. The zero-order chi connectivity index (χ0) is 13.3. The summed E-state index contributed by atoms with van der Waals surface area (Å²) in [7, 11) is 0. The standard InChI is InChI=1S/C14H28O3/c1-13(2,3)12-7-10(8-15)11(17-12)9-16-14(4,5)6/h10-12,15H,7-9H2,1-6H3/t10-,11-,12+/m0/s1. The summed E-state index contributed by atoms with van der Waals surface area (Å²) in [6.07, 6.45) is 1.18. The molecular formula is C14H28O3. The molecule has 0 aromatic carbocycles. The van der Waals surface area contributed by atoms with E-state index >= 15 is 0 Å². The van der Waals surface area contributed by atoms with Crippen LogP contribution in [0.15, 0.2) is 0 Å². The maximum Gasteiger partial charge on any atom is 0.0863 e. The van der Waals surface area contributed by atoms with Crippen molar-refractivity contribution in [2.24, 2.45) is 11.3 Å². The van der Waals surface area contributed by atoms with Crippen molar-refractivity contribution in [2.45, 2.75) is 65.8 Å². The summed E-state index contributed by atoms with van der Waals surface area (Å²) >= 11 is 0. The molecule has 1 fully saturated rings. The maximum absolute atomic E-state index is 9.41. The number of ether oxygens (including phenoxy) is 2. The van der Waals surface area contributed by atoms with Gasteiger partial charge < -0.3 is 14.6 Å². The topological polar surface area (TPSA) is 38.7 Å². The Kier molecular flexibility index (Phi) is 4.61. The molecule has 1 aliphatic rings. The Morgan fingerprint density at radius 1 is 1.18 bits per heavy atom. The zero-order valence-corrected chi connectivity index (χ0v) is 12.1. The fourth-order valence-corrected chi connectivity index (χ4v) is 2.06. The van der Waals surface area contributed by atoms with Gasteiger partial charge in [0.15, 0.2) is 0 Å². The summed E-state index contributed by atoms with van der Waals surface area (Å²) in [5.74, 6) is 0.210. The maximum atomic E-state index is 9.41. The van der Waals surface area contributed by atoms with Gasteiger partial charge in [-0.05, 0) is 32.6 Å². The molecule has 1 rings (SSSR count). The molecule has 3 heteroatoms. The van der Waals surface area contributed by atoms with Crippen LogP contribution in [0.25, 0.3) is 0 Å². The van der Waals surface area contributed by atoms with E-state index in [2.05, 4.69) is 20.8 Å². The molecule has 0 unspecified atom stereocenters. The third kappa shape index (κ3) is 4.57. The van der Waals surface area contributed by atoms with E-state index in [0.717, 1.165) is 6.42 Å². The van der Waals surface area contributed by atoms with E-state index in [-0.39, 0.29) is 35.7 Å². The van der Waals surface area contributed by atoms with Gasteiger partial charge in [-0.25, -0.2) is 0 Å². The summed E-state index contributed by atoms with van der Waals surface area (Å²) in [6, 6.07) is 0. The van der Waals surface area contributed by atoms with Crippen molar-refractivity contribution in [2.75, 3.05) is 13.2 Å². The zero-order valence-electron chi connectivity index (χ0n) is 12.1. The quantitative estimate of drug-likeness (QED) is 0.829. The smallest absolute Gasteiger partial charge is 0.0863 e. The highest BCUT2D eigenvalue weighted by molar-refractivity contribution is 4.88. The highest BCUT2D eigenvalue weighted by Gasteiger charge is 2.40. The summed E-state index contributed by atoms with van der Waals surface area (Å²) in [4.78, 5) is 0. The van der Waals surface area contributed by atoms with Gasteiger partial charge in [0.1, 0.15) is 0 Å². The lowest BCUT2D eigenvalue weighted by Crippen LogP contribution is -2.32. The van der Waals surface area contributed by atoms with E-state index in [1.807, 2.05) is 20.8 Å². The second kappa shape index (κ2) is 5.25. The summed E-state index contributed by atoms with van der Waals surface area (Å²) in [5.41, 5.74) is -0.0207. The Labute approximate surface area is 105 Å². The van der Waals surface area contributed by atoms with E-state index < -0.39 is 0 Å². The molecule has 0 amide bonds. The van der Waals surface area contributed by atoms with Crippen molar-refractivity contribution in [1.29, 1.82) is 0 Å². The molecule has 0 aromatic rings. The highest BCUT2D eigenvalue weighted by atomic mass is 16.6. The molecule has 17 heavy (non-hydrogen) atoms. The molecule has 3 nitrogen and oxygen atoms in total. The third-order valence-corrected chi connectivity index (χ3v) is 3.26. The first-order valence-corrected chi connectivity index (χ1v) is 6.54. The second-order valence-electron chi connectivity index (χ2n) is 7.13. The molecule has 3 atom stereocenters. The van der Waals surface area contributed by atoms with Crippen molar-refractivity contribution in [3.05, 3.63) is 0 Å². The molecule has 0 saturated carbocycles. The predicted octanol–water partition coefficient (Wildman–Crippen LogP) is 2.61. The fourth-order valence-electron chi connectivity index (χ4n) is 2.06. The average molecular weight is 244 g/mol.